The fraction of sp³-hybridized carbons (Fsp3) is 0.625. The van der Waals surface area contributed by atoms with Crippen LogP contribution in [0, 0.1) is 0 Å². The van der Waals surface area contributed by atoms with Crippen molar-refractivity contribution in [1.29, 1.82) is 0 Å². The molecule has 0 fully saturated rings. The SMILES string of the molecule is CCCCCC(C)NC(=O)c1cc(Cl)nc(NCCC)c1. The maximum absolute atomic E-state index is 12.2. The molecule has 1 atom stereocenters. The largest absolute Gasteiger partial charge is 0.370 e. The van der Waals surface area contributed by atoms with Crippen LogP contribution in [0.1, 0.15) is 63.2 Å². The Hall–Kier alpha value is -1.29. The Balaban J connectivity index is 2.62. The molecule has 0 aliphatic carbocycles. The van der Waals surface area contributed by atoms with Crippen molar-refractivity contribution in [2.24, 2.45) is 0 Å². The van der Waals surface area contributed by atoms with Crippen LogP contribution in [-0.2, 0) is 0 Å². The molecule has 0 spiro atoms. The first-order chi connectivity index (χ1) is 10.1. The first-order valence-electron chi connectivity index (χ1n) is 7.79. The van der Waals surface area contributed by atoms with Gasteiger partial charge in [-0.1, -0.05) is 44.7 Å². The van der Waals surface area contributed by atoms with Crippen LogP contribution in [0.4, 0.5) is 5.82 Å². The van der Waals surface area contributed by atoms with E-state index in [4.69, 9.17) is 11.6 Å². The van der Waals surface area contributed by atoms with E-state index in [0.29, 0.717) is 16.5 Å². The van der Waals surface area contributed by atoms with Crippen molar-refractivity contribution in [3.8, 4) is 0 Å². The molecule has 4 nitrogen and oxygen atoms in total. The van der Waals surface area contributed by atoms with Crippen LogP contribution in [0.2, 0.25) is 5.15 Å². The third-order valence-corrected chi connectivity index (χ3v) is 3.42. The zero-order valence-corrected chi connectivity index (χ0v) is 14.0. The predicted molar refractivity (Wildman–Crippen MR) is 89.1 cm³/mol. The van der Waals surface area contributed by atoms with Gasteiger partial charge in [0.15, 0.2) is 0 Å². The number of unbranched alkanes of at least 4 members (excludes halogenated alkanes) is 2. The second-order valence-corrected chi connectivity index (χ2v) is 5.75. The zero-order chi connectivity index (χ0) is 15.7. The number of hydrogen-bond donors (Lipinski definition) is 2. The van der Waals surface area contributed by atoms with Gasteiger partial charge in [-0.25, -0.2) is 4.98 Å². The smallest absolute Gasteiger partial charge is 0.251 e. The first kappa shape index (κ1) is 17.8. The van der Waals surface area contributed by atoms with Crippen LogP contribution in [0.15, 0.2) is 12.1 Å². The van der Waals surface area contributed by atoms with E-state index in [1.54, 1.807) is 12.1 Å². The maximum Gasteiger partial charge on any atom is 0.251 e. The van der Waals surface area contributed by atoms with E-state index in [2.05, 4.69) is 29.5 Å². The molecule has 1 rings (SSSR count). The molecule has 0 aromatic carbocycles. The number of amides is 1. The minimum absolute atomic E-state index is 0.0946. The van der Waals surface area contributed by atoms with E-state index in [-0.39, 0.29) is 11.9 Å². The van der Waals surface area contributed by atoms with Gasteiger partial charge in [0.1, 0.15) is 11.0 Å². The highest BCUT2D eigenvalue weighted by atomic mass is 35.5. The van der Waals surface area contributed by atoms with Gasteiger partial charge < -0.3 is 10.6 Å². The van der Waals surface area contributed by atoms with Crippen molar-refractivity contribution >= 4 is 23.3 Å². The molecule has 0 bridgehead atoms. The standard InChI is InChI=1S/C16H26ClN3O/c1-4-6-7-8-12(3)19-16(21)13-10-14(17)20-15(11-13)18-9-5-2/h10-12H,4-9H2,1-3H3,(H,18,20)(H,19,21). The van der Waals surface area contributed by atoms with Gasteiger partial charge in [0, 0.05) is 18.2 Å². The highest BCUT2D eigenvalue weighted by Crippen LogP contribution is 2.15. The Morgan fingerprint density at radius 1 is 1.29 bits per heavy atom. The molecule has 1 unspecified atom stereocenters. The Morgan fingerprint density at radius 2 is 2.05 bits per heavy atom. The summed E-state index contributed by atoms with van der Waals surface area (Å²) in [6, 6.07) is 3.52. The Labute approximate surface area is 132 Å². The van der Waals surface area contributed by atoms with Crippen LogP contribution in [0.25, 0.3) is 0 Å². The molecule has 0 radical (unpaired) electrons. The van der Waals surface area contributed by atoms with Crippen LogP contribution in [0.3, 0.4) is 0 Å². The molecular weight excluding hydrogens is 286 g/mol. The summed E-state index contributed by atoms with van der Waals surface area (Å²) in [5.74, 6) is 0.552. The molecule has 21 heavy (non-hydrogen) atoms. The van der Waals surface area contributed by atoms with Gasteiger partial charge in [-0.05, 0) is 31.9 Å². The number of nitrogens with one attached hydrogen (secondary N) is 2. The second kappa shape index (κ2) is 9.61. The van der Waals surface area contributed by atoms with Crippen molar-refractivity contribution < 1.29 is 4.79 Å². The highest BCUT2D eigenvalue weighted by Gasteiger charge is 2.12. The van der Waals surface area contributed by atoms with Crippen LogP contribution >= 0.6 is 11.6 Å². The van der Waals surface area contributed by atoms with Crippen molar-refractivity contribution in [3.05, 3.63) is 22.8 Å². The summed E-state index contributed by atoms with van der Waals surface area (Å²) < 4.78 is 0. The van der Waals surface area contributed by atoms with E-state index < -0.39 is 0 Å². The molecule has 2 N–H and O–H groups in total. The van der Waals surface area contributed by atoms with Crippen LogP contribution in [-0.4, -0.2) is 23.5 Å². The monoisotopic (exact) mass is 311 g/mol. The number of anilines is 1. The molecule has 1 aromatic heterocycles. The average molecular weight is 312 g/mol. The fourth-order valence-corrected chi connectivity index (χ4v) is 2.26. The zero-order valence-electron chi connectivity index (χ0n) is 13.2. The van der Waals surface area contributed by atoms with Gasteiger partial charge in [0.2, 0.25) is 0 Å². The molecular formula is C16H26ClN3O. The lowest BCUT2D eigenvalue weighted by atomic mass is 10.1. The topological polar surface area (TPSA) is 54.0 Å². The summed E-state index contributed by atoms with van der Waals surface area (Å²) in [6.07, 6.45) is 5.52. The molecule has 0 saturated carbocycles. The summed E-state index contributed by atoms with van der Waals surface area (Å²) in [7, 11) is 0. The summed E-state index contributed by atoms with van der Waals surface area (Å²) in [5.41, 5.74) is 0.552. The molecule has 0 aliphatic heterocycles. The molecule has 0 saturated heterocycles. The number of carbonyl (C=O) groups excluding carboxylic acids is 1. The number of rotatable bonds is 9. The van der Waals surface area contributed by atoms with Gasteiger partial charge in [-0.3, -0.25) is 4.79 Å². The van der Waals surface area contributed by atoms with Gasteiger partial charge in [0.25, 0.3) is 5.91 Å². The lowest BCUT2D eigenvalue weighted by Gasteiger charge is -2.14. The molecule has 1 heterocycles. The van der Waals surface area contributed by atoms with E-state index in [1.807, 2.05) is 6.92 Å². The summed E-state index contributed by atoms with van der Waals surface area (Å²) in [5, 5.41) is 6.50. The number of nitrogens with zero attached hydrogens (tertiary/aromatic N) is 1. The molecule has 1 aromatic rings. The summed E-state index contributed by atoms with van der Waals surface area (Å²) in [6.45, 7) is 7.09. The van der Waals surface area contributed by atoms with Crippen molar-refractivity contribution in [2.45, 2.75) is 58.9 Å². The van der Waals surface area contributed by atoms with Crippen molar-refractivity contribution in [3.63, 3.8) is 0 Å². The molecule has 5 heteroatoms. The molecule has 118 valence electrons. The number of hydrogen-bond acceptors (Lipinski definition) is 3. The first-order valence-corrected chi connectivity index (χ1v) is 8.17. The summed E-state index contributed by atoms with van der Waals surface area (Å²) >= 11 is 5.98. The van der Waals surface area contributed by atoms with E-state index >= 15 is 0 Å². The Bertz CT molecular complexity index is 451. The minimum atomic E-state index is -0.0946. The lowest BCUT2D eigenvalue weighted by molar-refractivity contribution is 0.0938. The van der Waals surface area contributed by atoms with Gasteiger partial charge in [-0.2, -0.15) is 0 Å². The third kappa shape index (κ3) is 6.80. The van der Waals surface area contributed by atoms with E-state index in [1.165, 1.54) is 12.8 Å². The minimum Gasteiger partial charge on any atom is -0.370 e. The van der Waals surface area contributed by atoms with Gasteiger partial charge >= 0.3 is 0 Å². The fourth-order valence-electron chi connectivity index (χ4n) is 2.05. The van der Waals surface area contributed by atoms with Crippen molar-refractivity contribution in [1.82, 2.24) is 10.3 Å². The van der Waals surface area contributed by atoms with E-state index in [9.17, 15) is 4.79 Å². The normalized spacial score (nSPS) is 12.0. The van der Waals surface area contributed by atoms with E-state index in [0.717, 1.165) is 25.8 Å². The van der Waals surface area contributed by atoms with Crippen LogP contribution < -0.4 is 10.6 Å². The number of halogens is 1. The predicted octanol–water partition coefficient (Wildman–Crippen LogP) is 4.26. The van der Waals surface area contributed by atoms with Gasteiger partial charge in [-0.15, -0.1) is 0 Å². The maximum atomic E-state index is 12.2. The number of aromatic nitrogens is 1. The average Bonchev–Trinajstić information content (AvgIpc) is 2.44. The molecule has 1 amide bonds. The number of pyridine rings is 1. The number of carbonyl (C=O) groups is 1. The summed E-state index contributed by atoms with van der Waals surface area (Å²) in [4.78, 5) is 16.4. The lowest BCUT2D eigenvalue weighted by Crippen LogP contribution is -2.32. The Kier molecular flexibility index (Phi) is 8.13. The second-order valence-electron chi connectivity index (χ2n) is 5.36. The highest BCUT2D eigenvalue weighted by molar-refractivity contribution is 6.29. The quantitative estimate of drug-likeness (QED) is 0.529. The third-order valence-electron chi connectivity index (χ3n) is 3.23. The molecule has 0 aliphatic rings. The Morgan fingerprint density at radius 3 is 2.71 bits per heavy atom. The van der Waals surface area contributed by atoms with Crippen molar-refractivity contribution in [2.75, 3.05) is 11.9 Å². The van der Waals surface area contributed by atoms with Gasteiger partial charge in [0.05, 0.1) is 0 Å². The van der Waals surface area contributed by atoms with Crippen LogP contribution in [0.5, 0.6) is 0 Å².